The van der Waals surface area contributed by atoms with Crippen LogP contribution in [-0.2, 0) is 12.6 Å². The third-order valence-electron chi connectivity index (χ3n) is 3.17. The summed E-state index contributed by atoms with van der Waals surface area (Å²) in [5, 5.41) is 9.99. The molecule has 4 heteroatoms. The predicted octanol–water partition coefficient (Wildman–Crippen LogP) is 4.37. The lowest BCUT2D eigenvalue weighted by Crippen LogP contribution is -2.05. The van der Waals surface area contributed by atoms with Gasteiger partial charge in [-0.15, -0.1) is 0 Å². The van der Waals surface area contributed by atoms with Crippen LogP contribution in [0.2, 0.25) is 0 Å². The fourth-order valence-corrected chi connectivity index (χ4v) is 2.01. The molecule has 0 heterocycles. The Kier molecular flexibility index (Phi) is 4.45. The summed E-state index contributed by atoms with van der Waals surface area (Å²) < 4.78 is 37.2. The number of benzene rings is 2. The van der Waals surface area contributed by atoms with Gasteiger partial charge in [0.05, 0.1) is 11.7 Å². The molecule has 0 radical (unpaired) electrons. The van der Waals surface area contributed by atoms with Crippen molar-refractivity contribution in [1.29, 1.82) is 0 Å². The third-order valence-corrected chi connectivity index (χ3v) is 3.17. The smallest absolute Gasteiger partial charge is 0.388 e. The molecule has 1 nitrogen and oxygen atoms in total. The summed E-state index contributed by atoms with van der Waals surface area (Å²) in [6.45, 7) is 0. The second-order valence-electron chi connectivity index (χ2n) is 4.66. The minimum absolute atomic E-state index is 0.482. The van der Waals surface area contributed by atoms with Crippen molar-refractivity contribution in [3.8, 4) is 0 Å². The van der Waals surface area contributed by atoms with Crippen LogP contribution in [0.5, 0.6) is 0 Å². The van der Waals surface area contributed by atoms with Gasteiger partial charge in [0.1, 0.15) is 0 Å². The normalized spacial score (nSPS) is 13.2. The monoisotopic (exact) mass is 280 g/mol. The number of halogens is 3. The van der Waals surface area contributed by atoms with Crippen LogP contribution in [0.15, 0.2) is 54.6 Å². The van der Waals surface area contributed by atoms with Crippen molar-refractivity contribution in [3.63, 3.8) is 0 Å². The van der Waals surface area contributed by atoms with Crippen molar-refractivity contribution >= 4 is 0 Å². The van der Waals surface area contributed by atoms with Crippen LogP contribution in [0.1, 0.15) is 29.2 Å². The van der Waals surface area contributed by atoms with E-state index >= 15 is 0 Å². The van der Waals surface area contributed by atoms with Crippen molar-refractivity contribution in [1.82, 2.24) is 0 Å². The Morgan fingerprint density at radius 2 is 1.50 bits per heavy atom. The maximum absolute atomic E-state index is 12.4. The molecule has 0 amide bonds. The predicted molar refractivity (Wildman–Crippen MR) is 71.2 cm³/mol. The lowest BCUT2D eigenvalue weighted by atomic mass is 10.0. The van der Waals surface area contributed by atoms with E-state index in [9.17, 15) is 18.3 Å². The number of rotatable bonds is 4. The highest BCUT2D eigenvalue weighted by atomic mass is 19.4. The molecule has 0 spiro atoms. The van der Waals surface area contributed by atoms with E-state index in [1.54, 1.807) is 0 Å². The van der Waals surface area contributed by atoms with Gasteiger partial charge in [-0.1, -0.05) is 42.5 Å². The van der Waals surface area contributed by atoms with E-state index in [1.165, 1.54) is 12.1 Å². The number of aliphatic hydroxyl groups is 1. The fraction of sp³-hybridized carbons (Fsp3) is 0.250. The summed E-state index contributed by atoms with van der Waals surface area (Å²) in [7, 11) is 0. The Hall–Kier alpha value is -1.81. The Labute approximate surface area is 115 Å². The zero-order valence-corrected chi connectivity index (χ0v) is 10.8. The second kappa shape index (κ2) is 6.09. The maximum Gasteiger partial charge on any atom is 0.416 e. The molecule has 1 atom stereocenters. The largest absolute Gasteiger partial charge is 0.416 e. The van der Waals surface area contributed by atoms with Gasteiger partial charge in [0, 0.05) is 0 Å². The van der Waals surface area contributed by atoms with Crippen LogP contribution in [0, 0.1) is 0 Å². The van der Waals surface area contributed by atoms with E-state index in [-0.39, 0.29) is 0 Å². The van der Waals surface area contributed by atoms with E-state index in [1.807, 2.05) is 30.3 Å². The van der Waals surface area contributed by atoms with E-state index < -0.39 is 17.8 Å². The molecule has 0 bridgehead atoms. The first-order chi connectivity index (χ1) is 9.47. The number of hydrogen-bond donors (Lipinski definition) is 1. The zero-order valence-electron chi connectivity index (χ0n) is 10.8. The Bertz CT molecular complexity index is 532. The number of aryl methyl sites for hydroxylation is 1. The lowest BCUT2D eigenvalue weighted by molar-refractivity contribution is -0.137. The van der Waals surface area contributed by atoms with Crippen molar-refractivity contribution in [2.45, 2.75) is 25.1 Å². The molecule has 0 saturated carbocycles. The van der Waals surface area contributed by atoms with Gasteiger partial charge >= 0.3 is 6.18 Å². The molecule has 2 aromatic carbocycles. The molecular formula is C16H15F3O. The van der Waals surface area contributed by atoms with Gasteiger partial charge in [-0.05, 0) is 36.1 Å². The number of aliphatic hydroxyl groups excluding tert-OH is 1. The Balaban J connectivity index is 1.94. The van der Waals surface area contributed by atoms with Crippen molar-refractivity contribution in [2.24, 2.45) is 0 Å². The highest BCUT2D eigenvalue weighted by Crippen LogP contribution is 2.29. The molecule has 0 aliphatic heterocycles. The molecule has 1 N–H and O–H groups in total. The standard InChI is InChI=1S/C16H15F3O/c17-16(18,19)14-9-6-12(7-10-14)8-11-15(20)13-4-2-1-3-5-13/h1-7,9-10,15,20H,8,11H2. The van der Waals surface area contributed by atoms with Gasteiger partial charge in [0.15, 0.2) is 0 Å². The molecule has 0 aliphatic rings. The van der Waals surface area contributed by atoms with E-state index in [4.69, 9.17) is 0 Å². The zero-order chi connectivity index (χ0) is 14.6. The first-order valence-corrected chi connectivity index (χ1v) is 6.36. The summed E-state index contributed by atoms with van der Waals surface area (Å²) >= 11 is 0. The quantitative estimate of drug-likeness (QED) is 0.881. The van der Waals surface area contributed by atoms with Gasteiger partial charge in [-0.2, -0.15) is 13.2 Å². The minimum Gasteiger partial charge on any atom is -0.388 e. The highest BCUT2D eigenvalue weighted by molar-refractivity contribution is 5.25. The topological polar surface area (TPSA) is 20.2 Å². The average molecular weight is 280 g/mol. The van der Waals surface area contributed by atoms with E-state index in [2.05, 4.69) is 0 Å². The van der Waals surface area contributed by atoms with Crippen LogP contribution in [0.25, 0.3) is 0 Å². The summed E-state index contributed by atoms with van der Waals surface area (Å²) in [6, 6.07) is 14.3. The maximum atomic E-state index is 12.4. The molecular weight excluding hydrogens is 265 g/mol. The van der Waals surface area contributed by atoms with Crippen LogP contribution < -0.4 is 0 Å². The Morgan fingerprint density at radius 3 is 2.05 bits per heavy atom. The second-order valence-corrected chi connectivity index (χ2v) is 4.66. The molecule has 2 aromatic rings. The van der Waals surface area contributed by atoms with Gasteiger partial charge in [0.25, 0.3) is 0 Å². The fourth-order valence-electron chi connectivity index (χ4n) is 2.01. The lowest BCUT2D eigenvalue weighted by Gasteiger charge is -2.11. The summed E-state index contributed by atoms with van der Waals surface area (Å²) in [5.74, 6) is 0. The summed E-state index contributed by atoms with van der Waals surface area (Å²) in [5.41, 5.74) is 0.956. The molecule has 0 aromatic heterocycles. The van der Waals surface area contributed by atoms with E-state index in [0.29, 0.717) is 12.8 Å². The van der Waals surface area contributed by atoms with Crippen LogP contribution >= 0.6 is 0 Å². The first-order valence-electron chi connectivity index (χ1n) is 6.36. The van der Waals surface area contributed by atoms with Crippen LogP contribution in [0.4, 0.5) is 13.2 Å². The molecule has 0 saturated heterocycles. The van der Waals surface area contributed by atoms with E-state index in [0.717, 1.165) is 23.3 Å². The van der Waals surface area contributed by atoms with Crippen LogP contribution in [0.3, 0.4) is 0 Å². The van der Waals surface area contributed by atoms with Crippen molar-refractivity contribution in [2.75, 3.05) is 0 Å². The van der Waals surface area contributed by atoms with Crippen molar-refractivity contribution < 1.29 is 18.3 Å². The Morgan fingerprint density at radius 1 is 0.900 bits per heavy atom. The van der Waals surface area contributed by atoms with Gasteiger partial charge in [0.2, 0.25) is 0 Å². The van der Waals surface area contributed by atoms with Gasteiger partial charge in [-0.25, -0.2) is 0 Å². The van der Waals surface area contributed by atoms with Gasteiger partial charge < -0.3 is 5.11 Å². The average Bonchev–Trinajstić information content (AvgIpc) is 2.45. The number of hydrogen-bond acceptors (Lipinski definition) is 1. The van der Waals surface area contributed by atoms with Gasteiger partial charge in [-0.3, -0.25) is 0 Å². The molecule has 106 valence electrons. The SMILES string of the molecule is OC(CCc1ccc(C(F)(F)F)cc1)c1ccccc1. The third kappa shape index (κ3) is 3.84. The molecule has 2 rings (SSSR count). The summed E-state index contributed by atoms with van der Waals surface area (Å²) in [4.78, 5) is 0. The molecule has 1 unspecified atom stereocenters. The molecule has 0 fully saturated rings. The first kappa shape index (κ1) is 14.6. The van der Waals surface area contributed by atoms with Crippen molar-refractivity contribution in [3.05, 3.63) is 71.3 Å². The molecule has 20 heavy (non-hydrogen) atoms. The number of alkyl halides is 3. The highest BCUT2D eigenvalue weighted by Gasteiger charge is 2.29. The summed E-state index contributed by atoms with van der Waals surface area (Å²) in [6.07, 6.45) is -3.88. The molecule has 0 aliphatic carbocycles. The minimum atomic E-state index is -4.30. The van der Waals surface area contributed by atoms with Crippen LogP contribution in [-0.4, -0.2) is 5.11 Å².